The number of benzene rings is 2. The van der Waals surface area contributed by atoms with Gasteiger partial charge in [0.15, 0.2) is 0 Å². The van der Waals surface area contributed by atoms with Crippen LogP contribution in [0, 0.1) is 13.8 Å². The Kier molecular flexibility index (Phi) is 8.26. The van der Waals surface area contributed by atoms with Gasteiger partial charge in [0.1, 0.15) is 11.8 Å². The first-order chi connectivity index (χ1) is 14.5. The van der Waals surface area contributed by atoms with Crippen molar-refractivity contribution in [1.29, 1.82) is 0 Å². The second-order valence-corrected chi connectivity index (χ2v) is 9.13. The first-order valence-electron chi connectivity index (χ1n) is 10.8. The van der Waals surface area contributed by atoms with Crippen LogP contribution in [0.1, 0.15) is 56.4 Å². The first-order valence-corrected chi connectivity index (χ1v) is 10.8. The topological polar surface area (TPSA) is 58.6 Å². The molecule has 2 aromatic carbocycles. The molecule has 5 heteroatoms. The van der Waals surface area contributed by atoms with Gasteiger partial charge in [-0.25, -0.2) is 0 Å². The summed E-state index contributed by atoms with van der Waals surface area (Å²) in [7, 11) is 1.62. The molecule has 31 heavy (non-hydrogen) atoms. The molecule has 2 amide bonds. The standard InChI is InChI=1S/C26H36N2O3/c1-8-23(25(30)27-26(4,5)6)28(17-20-11-13-22(31-7)14-12-20)24(29)16-21-10-9-18(2)19(3)15-21/h9-15,23H,8,16-17H2,1-7H3,(H,27,30). The van der Waals surface area contributed by atoms with Gasteiger partial charge < -0.3 is 15.0 Å². The van der Waals surface area contributed by atoms with Gasteiger partial charge >= 0.3 is 0 Å². The van der Waals surface area contributed by atoms with Crippen LogP contribution >= 0.6 is 0 Å². The summed E-state index contributed by atoms with van der Waals surface area (Å²) in [5.41, 5.74) is 3.90. The highest BCUT2D eigenvalue weighted by Crippen LogP contribution is 2.19. The lowest BCUT2D eigenvalue weighted by molar-refractivity contribution is -0.141. The summed E-state index contributed by atoms with van der Waals surface area (Å²) in [6.07, 6.45) is 0.799. The molecule has 0 aliphatic rings. The lowest BCUT2D eigenvalue weighted by Gasteiger charge is -2.33. The van der Waals surface area contributed by atoms with Crippen molar-refractivity contribution in [3.8, 4) is 5.75 Å². The van der Waals surface area contributed by atoms with E-state index in [0.29, 0.717) is 13.0 Å². The molecule has 0 aliphatic carbocycles. The Morgan fingerprint density at radius 3 is 2.13 bits per heavy atom. The number of hydrogen-bond acceptors (Lipinski definition) is 3. The molecular formula is C26H36N2O3. The van der Waals surface area contributed by atoms with Gasteiger partial charge in [-0.05, 0) is 75.4 Å². The number of aryl methyl sites for hydroxylation is 2. The Morgan fingerprint density at radius 1 is 1.00 bits per heavy atom. The van der Waals surface area contributed by atoms with E-state index in [9.17, 15) is 9.59 Å². The molecule has 0 bridgehead atoms. The fourth-order valence-corrected chi connectivity index (χ4v) is 3.49. The minimum atomic E-state index is -0.541. The van der Waals surface area contributed by atoms with Gasteiger partial charge in [0, 0.05) is 12.1 Å². The minimum absolute atomic E-state index is 0.0602. The van der Waals surface area contributed by atoms with Gasteiger partial charge in [-0.15, -0.1) is 0 Å². The maximum atomic E-state index is 13.4. The van der Waals surface area contributed by atoms with E-state index in [4.69, 9.17) is 4.74 Å². The molecule has 0 aromatic heterocycles. The van der Waals surface area contributed by atoms with Crippen LogP contribution < -0.4 is 10.1 Å². The van der Waals surface area contributed by atoms with Crippen LogP contribution in [-0.4, -0.2) is 35.4 Å². The number of carbonyl (C=O) groups excluding carboxylic acids is 2. The molecule has 0 saturated carbocycles. The van der Waals surface area contributed by atoms with E-state index in [1.54, 1.807) is 12.0 Å². The Bertz CT molecular complexity index is 898. The number of hydrogen-bond donors (Lipinski definition) is 1. The number of nitrogens with one attached hydrogen (secondary N) is 1. The average molecular weight is 425 g/mol. The van der Waals surface area contributed by atoms with Gasteiger partial charge in [0.05, 0.1) is 13.5 Å². The second-order valence-electron chi connectivity index (χ2n) is 9.13. The van der Waals surface area contributed by atoms with E-state index >= 15 is 0 Å². The fourth-order valence-electron chi connectivity index (χ4n) is 3.49. The summed E-state index contributed by atoms with van der Waals surface area (Å²) in [4.78, 5) is 28.2. The highest BCUT2D eigenvalue weighted by molar-refractivity contribution is 5.88. The Morgan fingerprint density at radius 2 is 1.61 bits per heavy atom. The van der Waals surface area contributed by atoms with Gasteiger partial charge in [0.2, 0.25) is 11.8 Å². The maximum absolute atomic E-state index is 13.4. The summed E-state index contributed by atoms with van der Waals surface area (Å²) >= 11 is 0. The summed E-state index contributed by atoms with van der Waals surface area (Å²) in [5.74, 6) is 0.571. The first kappa shape index (κ1) is 24.4. The van der Waals surface area contributed by atoms with Crippen molar-refractivity contribution in [1.82, 2.24) is 10.2 Å². The molecule has 1 atom stereocenters. The number of nitrogens with zero attached hydrogens (tertiary/aromatic N) is 1. The van der Waals surface area contributed by atoms with E-state index in [2.05, 4.69) is 18.3 Å². The van der Waals surface area contributed by atoms with E-state index < -0.39 is 6.04 Å². The molecular weight excluding hydrogens is 388 g/mol. The second kappa shape index (κ2) is 10.5. The zero-order valence-corrected chi connectivity index (χ0v) is 19.9. The van der Waals surface area contributed by atoms with Crippen LogP contribution in [0.3, 0.4) is 0 Å². The summed E-state index contributed by atoms with van der Waals surface area (Å²) < 4.78 is 5.24. The van der Waals surface area contributed by atoms with E-state index in [1.165, 1.54) is 5.56 Å². The average Bonchev–Trinajstić information content (AvgIpc) is 2.69. The lowest BCUT2D eigenvalue weighted by atomic mass is 10.0. The summed E-state index contributed by atoms with van der Waals surface area (Å²) in [6.45, 7) is 12.2. The van der Waals surface area contributed by atoms with Gasteiger partial charge in [-0.2, -0.15) is 0 Å². The monoisotopic (exact) mass is 424 g/mol. The lowest BCUT2D eigenvalue weighted by Crippen LogP contribution is -2.53. The Balaban J connectivity index is 2.32. The number of methoxy groups -OCH3 is 1. The molecule has 2 aromatic rings. The summed E-state index contributed by atoms with van der Waals surface area (Å²) in [6, 6.07) is 13.1. The van der Waals surface area contributed by atoms with Crippen molar-refractivity contribution < 1.29 is 14.3 Å². The van der Waals surface area contributed by atoms with Crippen molar-refractivity contribution >= 4 is 11.8 Å². The minimum Gasteiger partial charge on any atom is -0.497 e. The smallest absolute Gasteiger partial charge is 0.243 e. The van der Waals surface area contributed by atoms with Crippen molar-refractivity contribution in [2.75, 3.05) is 7.11 Å². The molecule has 2 rings (SSSR count). The van der Waals surface area contributed by atoms with Crippen LogP contribution in [-0.2, 0) is 22.6 Å². The normalized spacial score (nSPS) is 12.2. The predicted molar refractivity (Wildman–Crippen MR) is 125 cm³/mol. The molecule has 0 heterocycles. The molecule has 0 radical (unpaired) electrons. The zero-order chi connectivity index (χ0) is 23.2. The third-order valence-electron chi connectivity index (χ3n) is 5.32. The summed E-state index contributed by atoms with van der Waals surface area (Å²) in [5, 5.41) is 3.04. The fraction of sp³-hybridized carbons (Fsp3) is 0.462. The Labute approximate surface area is 186 Å². The molecule has 0 saturated heterocycles. The number of carbonyl (C=O) groups is 2. The number of ether oxygens (including phenoxy) is 1. The van der Waals surface area contributed by atoms with Crippen LogP contribution in [0.15, 0.2) is 42.5 Å². The largest absolute Gasteiger partial charge is 0.497 e. The zero-order valence-electron chi connectivity index (χ0n) is 19.9. The van der Waals surface area contributed by atoms with Crippen molar-refractivity contribution in [3.63, 3.8) is 0 Å². The molecule has 1 N–H and O–H groups in total. The highest BCUT2D eigenvalue weighted by atomic mass is 16.5. The van der Waals surface area contributed by atoms with Gasteiger partial charge in [-0.1, -0.05) is 37.3 Å². The van der Waals surface area contributed by atoms with Crippen molar-refractivity contribution in [2.45, 2.75) is 72.5 Å². The molecule has 0 aliphatic heterocycles. The van der Waals surface area contributed by atoms with E-state index in [0.717, 1.165) is 22.4 Å². The third-order valence-corrected chi connectivity index (χ3v) is 5.32. The quantitative estimate of drug-likeness (QED) is 0.675. The van der Waals surface area contributed by atoms with Crippen molar-refractivity contribution in [3.05, 3.63) is 64.7 Å². The molecule has 0 fully saturated rings. The van der Waals surface area contributed by atoms with Crippen molar-refractivity contribution in [2.24, 2.45) is 0 Å². The Hall–Kier alpha value is -2.82. The van der Waals surface area contributed by atoms with E-state index in [1.807, 2.05) is 71.0 Å². The molecule has 0 spiro atoms. The molecule has 5 nitrogen and oxygen atoms in total. The third kappa shape index (κ3) is 7.12. The van der Waals surface area contributed by atoms with Crippen LogP contribution in [0.25, 0.3) is 0 Å². The van der Waals surface area contributed by atoms with Crippen LogP contribution in [0.4, 0.5) is 0 Å². The number of amides is 2. The van der Waals surface area contributed by atoms with Gasteiger partial charge in [-0.3, -0.25) is 9.59 Å². The highest BCUT2D eigenvalue weighted by Gasteiger charge is 2.30. The molecule has 1 unspecified atom stereocenters. The number of rotatable bonds is 8. The van der Waals surface area contributed by atoms with E-state index in [-0.39, 0.29) is 23.8 Å². The predicted octanol–water partition coefficient (Wildman–Crippen LogP) is 4.58. The maximum Gasteiger partial charge on any atom is 0.243 e. The van der Waals surface area contributed by atoms with Gasteiger partial charge in [0.25, 0.3) is 0 Å². The SMILES string of the molecule is CCC(C(=O)NC(C)(C)C)N(Cc1ccc(OC)cc1)C(=O)Cc1ccc(C)c(C)c1. The van der Waals surface area contributed by atoms with Crippen LogP contribution in [0.2, 0.25) is 0 Å². The molecule has 168 valence electrons. The van der Waals surface area contributed by atoms with Crippen LogP contribution in [0.5, 0.6) is 5.75 Å².